The predicted octanol–water partition coefficient (Wildman–Crippen LogP) is 3.04. The van der Waals surface area contributed by atoms with E-state index in [4.69, 9.17) is 0 Å². The summed E-state index contributed by atoms with van der Waals surface area (Å²) in [4.78, 5) is 3.24. The smallest absolute Gasteiger partial charge is 0.0454 e. The van der Waals surface area contributed by atoms with Crippen LogP contribution in [-0.2, 0) is 6.42 Å². The van der Waals surface area contributed by atoms with Crippen molar-refractivity contribution in [3.05, 3.63) is 42.1 Å². The summed E-state index contributed by atoms with van der Waals surface area (Å²) in [5, 5.41) is 3.42. The molecule has 0 saturated carbocycles. The minimum absolute atomic E-state index is 1.11. The monoisotopic (exact) mass is 198 g/mol. The summed E-state index contributed by atoms with van der Waals surface area (Å²) >= 11 is 0. The average molecular weight is 198 g/mol. The number of benzene rings is 1. The Hall–Kier alpha value is -1.70. The van der Waals surface area contributed by atoms with Crippen LogP contribution in [0.5, 0.6) is 0 Å². The summed E-state index contributed by atoms with van der Waals surface area (Å²) in [6.07, 6.45) is 4.39. The van der Waals surface area contributed by atoms with Gasteiger partial charge in [0.1, 0.15) is 0 Å². The minimum Gasteiger partial charge on any atom is -0.385 e. The Balaban J connectivity index is 2.04. The molecule has 1 aromatic heterocycles. The van der Waals surface area contributed by atoms with Crippen molar-refractivity contribution < 1.29 is 0 Å². The molecule has 1 aromatic carbocycles. The zero-order valence-electron chi connectivity index (χ0n) is 8.59. The summed E-state index contributed by atoms with van der Waals surface area (Å²) in [5.41, 5.74) is 5.22. The van der Waals surface area contributed by atoms with Crippen LogP contribution in [0.2, 0.25) is 0 Å². The molecule has 1 aliphatic heterocycles. The van der Waals surface area contributed by atoms with Gasteiger partial charge >= 0.3 is 0 Å². The van der Waals surface area contributed by atoms with Gasteiger partial charge in [0.25, 0.3) is 0 Å². The fourth-order valence-corrected chi connectivity index (χ4v) is 2.15. The van der Waals surface area contributed by atoms with Gasteiger partial charge in [-0.1, -0.05) is 6.07 Å². The topological polar surface area (TPSA) is 27.8 Å². The lowest BCUT2D eigenvalue weighted by Gasteiger charge is -2.18. The first-order chi connectivity index (χ1) is 7.43. The Morgan fingerprint density at radius 2 is 2.13 bits per heavy atom. The normalized spacial score (nSPS) is 14.4. The van der Waals surface area contributed by atoms with Crippen molar-refractivity contribution in [3.63, 3.8) is 0 Å². The molecule has 2 heterocycles. The van der Waals surface area contributed by atoms with Crippen LogP contribution in [0.25, 0.3) is 11.3 Å². The molecule has 0 fully saturated rings. The van der Waals surface area contributed by atoms with Gasteiger partial charge in [-0.25, -0.2) is 0 Å². The van der Waals surface area contributed by atoms with Crippen LogP contribution >= 0.6 is 0 Å². The Kier molecular flexibility index (Phi) is 1.98. The third-order valence-electron chi connectivity index (χ3n) is 2.95. The molecular weight excluding hydrogens is 184 g/mol. The van der Waals surface area contributed by atoms with Crippen LogP contribution in [0.3, 0.4) is 0 Å². The predicted molar refractivity (Wildman–Crippen MR) is 63.0 cm³/mol. The Bertz CT molecular complexity index is 457. The standard InChI is InChI=1S/C13H14N2/c1-3-10-9-11(12-4-2-8-14-12)5-6-13(10)15-7-1/h2,4-6,8-9,14-15H,1,3,7H2. The van der Waals surface area contributed by atoms with Crippen molar-refractivity contribution >= 4 is 5.69 Å². The van der Waals surface area contributed by atoms with E-state index in [1.54, 1.807) is 0 Å². The fourth-order valence-electron chi connectivity index (χ4n) is 2.15. The number of anilines is 1. The SMILES string of the molecule is c1c[nH]c(-c2ccc3c(c2)CCCN3)c1. The number of nitrogens with one attached hydrogen (secondary N) is 2. The molecule has 2 aromatic rings. The van der Waals surface area contributed by atoms with Crippen molar-refractivity contribution in [2.45, 2.75) is 12.8 Å². The van der Waals surface area contributed by atoms with Gasteiger partial charge in [-0.2, -0.15) is 0 Å². The number of rotatable bonds is 1. The maximum absolute atomic E-state index is 3.42. The van der Waals surface area contributed by atoms with Gasteiger partial charge in [-0.3, -0.25) is 0 Å². The van der Waals surface area contributed by atoms with Gasteiger partial charge in [0.15, 0.2) is 0 Å². The summed E-state index contributed by atoms with van der Waals surface area (Å²) in [6, 6.07) is 10.8. The van der Waals surface area contributed by atoms with Gasteiger partial charge in [-0.15, -0.1) is 0 Å². The second-order valence-electron chi connectivity index (χ2n) is 3.99. The van der Waals surface area contributed by atoms with Crippen LogP contribution in [-0.4, -0.2) is 11.5 Å². The molecular formula is C13H14N2. The van der Waals surface area contributed by atoms with Gasteiger partial charge in [0, 0.05) is 24.1 Å². The maximum Gasteiger partial charge on any atom is 0.0454 e. The molecule has 0 amide bonds. The number of fused-ring (bicyclic) bond motifs is 1. The molecule has 0 unspecified atom stereocenters. The molecule has 1 aliphatic rings. The van der Waals surface area contributed by atoms with Crippen LogP contribution < -0.4 is 5.32 Å². The lowest BCUT2D eigenvalue weighted by molar-refractivity contribution is 0.830. The summed E-state index contributed by atoms with van der Waals surface area (Å²) in [6.45, 7) is 1.11. The molecule has 0 radical (unpaired) electrons. The molecule has 0 saturated heterocycles. The maximum atomic E-state index is 3.42. The molecule has 2 N–H and O–H groups in total. The van der Waals surface area contributed by atoms with Crippen LogP contribution in [0.15, 0.2) is 36.5 Å². The second-order valence-corrected chi connectivity index (χ2v) is 3.99. The fraction of sp³-hybridized carbons (Fsp3) is 0.231. The third-order valence-corrected chi connectivity index (χ3v) is 2.95. The van der Waals surface area contributed by atoms with Crippen LogP contribution in [0.4, 0.5) is 5.69 Å². The first-order valence-corrected chi connectivity index (χ1v) is 5.44. The third kappa shape index (κ3) is 1.52. The number of hydrogen-bond donors (Lipinski definition) is 2. The molecule has 0 spiro atoms. The number of aromatic amines is 1. The molecule has 2 heteroatoms. The first kappa shape index (κ1) is 8.60. The van der Waals surface area contributed by atoms with E-state index >= 15 is 0 Å². The van der Waals surface area contributed by atoms with Crippen LogP contribution in [0.1, 0.15) is 12.0 Å². The Morgan fingerprint density at radius 3 is 3.00 bits per heavy atom. The quantitative estimate of drug-likeness (QED) is 0.724. The Morgan fingerprint density at radius 1 is 1.13 bits per heavy atom. The van der Waals surface area contributed by atoms with E-state index in [-0.39, 0.29) is 0 Å². The molecule has 0 aliphatic carbocycles. The number of aromatic nitrogens is 1. The largest absolute Gasteiger partial charge is 0.385 e. The molecule has 2 nitrogen and oxygen atoms in total. The zero-order chi connectivity index (χ0) is 10.1. The van der Waals surface area contributed by atoms with E-state index < -0.39 is 0 Å². The van der Waals surface area contributed by atoms with Crippen molar-refractivity contribution in [1.82, 2.24) is 4.98 Å². The highest BCUT2D eigenvalue weighted by molar-refractivity contribution is 5.66. The van der Waals surface area contributed by atoms with E-state index in [2.05, 4.69) is 34.6 Å². The number of hydrogen-bond acceptors (Lipinski definition) is 1. The Labute approximate surface area is 89.3 Å². The minimum atomic E-state index is 1.11. The van der Waals surface area contributed by atoms with E-state index in [1.807, 2.05) is 12.3 Å². The van der Waals surface area contributed by atoms with E-state index in [1.165, 1.54) is 35.3 Å². The molecule has 3 rings (SSSR count). The zero-order valence-corrected chi connectivity index (χ0v) is 8.59. The molecule has 0 bridgehead atoms. The van der Waals surface area contributed by atoms with Gasteiger partial charge in [-0.05, 0) is 48.2 Å². The van der Waals surface area contributed by atoms with Crippen molar-refractivity contribution in [2.24, 2.45) is 0 Å². The van der Waals surface area contributed by atoms with Crippen molar-refractivity contribution in [1.29, 1.82) is 0 Å². The van der Waals surface area contributed by atoms with Gasteiger partial charge < -0.3 is 10.3 Å². The molecule has 15 heavy (non-hydrogen) atoms. The highest BCUT2D eigenvalue weighted by atomic mass is 14.9. The van der Waals surface area contributed by atoms with Crippen molar-refractivity contribution in [2.75, 3.05) is 11.9 Å². The summed E-state index contributed by atoms with van der Waals surface area (Å²) < 4.78 is 0. The van der Waals surface area contributed by atoms with E-state index in [0.29, 0.717) is 0 Å². The average Bonchev–Trinajstić information content (AvgIpc) is 2.82. The first-order valence-electron chi connectivity index (χ1n) is 5.44. The summed E-state index contributed by atoms with van der Waals surface area (Å²) in [7, 11) is 0. The van der Waals surface area contributed by atoms with E-state index in [0.717, 1.165) is 6.54 Å². The second kappa shape index (κ2) is 3.46. The number of H-pyrrole nitrogens is 1. The molecule has 76 valence electrons. The highest BCUT2D eigenvalue weighted by Crippen LogP contribution is 2.27. The lowest BCUT2D eigenvalue weighted by Crippen LogP contribution is -2.11. The van der Waals surface area contributed by atoms with Crippen LogP contribution in [0, 0.1) is 0 Å². The molecule has 0 atom stereocenters. The summed E-state index contributed by atoms with van der Waals surface area (Å²) in [5.74, 6) is 0. The van der Waals surface area contributed by atoms with E-state index in [9.17, 15) is 0 Å². The highest BCUT2D eigenvalue weighted by Gasteiger charge is 2.09. The lowest BCUT2D eigenvalue weighted by atomic mass is 10.00. The van der Waals surface area contributed by atoms with Crippen molar-refractivity contribution in [3.8, 4) is 11.3 Å². The van der Waals surface area contributed by atoms with Gasteiger partial charge in [0.05, 0.1) is 0 Å². The van der Waals surface area contributed by atoms with Gasteiger partial charge in [0.2, 0.25) is 0 Å². The number of aryl methyl sites for hydroxylation is 1.